The van der Waals surface area contributed by atoms with Crippen LogP contribution in [0, 0.1) is 0 Å². The molecule has 0 aliphatic carbocycles. The summed E-state index contributed by atoms with van der Waals surface area (Å²) < 4.78 is 0.897. The highest BCUT2D eigenvalue weighted by Gasteiger charge is 2.19. The molecule has 2 atom stereocenters. The highest BCUT2D eigenvalue weighted by Crippen LogP contribution is 2.30. The highest BCUT2D eigenvalue weighted by molar-refractivity contribution is 7.99. The molecule has 16 heavy (non-hydrogen) atoms. The van der Waals surface area contributed by atoms with Crippen LogP contribution in [0.3, 0.4) is 0 Å². The first-order valence-corrected chi connectivity index (χ1v) is 8.23. The molecular weight excluding hydrogens is 258 g/mol. The summed E-state index contributed by atoms with van der Waals surface area (Å²) >= 11 is 9.77. The molecule has 0 radical (unpaired) electrons. The molecule has 2 heterocycles. The average molecular weight is 276 g/mol. The zero-order valence-electron chi connectivity index (χ0n) is 9.54. The number of nitrogens with one attached hydrogen (secondary N) is 1. The Kier molecular flexibility index (Phi) is 5.01. The largest absolute Gasteiger partial charge is 0.306 e. The van der Waals surface area contributed by atoms with Crippen LogP contribution in [0.15, 0.2) is 12.1 Å². The fraction of sp³-hybridized carbons (Fsp3) is 0.667. The number of hydrogen-bond donors (Lipinski definition) is 1. The predicted molar refractivity (Wildman–Crippen MR) is 75.8 cm³/mol. The number of thioether (sulfide) groups is 1. The van der Waals surface area contributed by atoms with E-state index in [-0.39, 0.29) is 0 Å². The fourth-order valence-electron chi connectivity index (χ4n) is 2.07. The summed E-state index contributed by atoms with van der Waals surface area (Å²) in [5.74, 6) is 2.59. The molecular formula is C12H18ClNS2. The van der Waals surface area contributed by atoms with Gasteiger partial charge in [0.2, 0.25) is 0 Å². The van der Waals surface area contributed by atoms with E-state index in [0.717, 1.165) is 10.8 Å². The van der Waals surface area contributed by atoms with Gasteiger partial charge in [-0.2, -0.15) is 11.8 Å². The van der Waals surface area contributed by atoms with Crippen molar-refractivity contribution in [2.24, 2.45) is 0 Å². The maximum absolute atomic E-state index is 5.99. The van der Waals surface area contributed by atoms with Crippen LogP contribution in [0.25, 0.3) is 0 Å². The van der Waals surface area contributed by atoms with Crippen molar-refractivity contribution in [3.05, 3.63) is 21.3 Å². The topological polar surface area (TPSA) is 12.0 Å². The Bertz CT molecular complexity index is 321. The van der Waals surface area contributed by atoms with Gasteiger partial charge in [0.15, 0.2) is 0 Å². The number of rotatable bonds is 4. The normalized spacial score (nSPS) is 23.2. The van der Waals surface area contributed by atoms with E-state index in [9.17, 15) is 0 Å². The minimum atomic E-state index is 0.487. The number of hydrogen-bond acceptors (Lipinski definition) is 3. The minimum absolute atomic E-state index is 0.487. The number of thiophene rings is 1. The van der Waals surface area contributed by atoms with Crippen LogP contribution in [-0.2, 0) is 0 Å². The van der Waals surface area contributed by atoms with Gasteiger partial charge in [-0.25, -0.2) is 0 Å². The third-order valence-corrected chi connectivity index (χ3v) is 5.50. The van der Waals surface area contributed by atoms with Crippen molar-refractivity contribution in [3.8, 4) is 0 Å². The Morgan fingerprint density at radius 3 is 3.00 bits per heavy atom. The van der Waals surface area contributed by atoms with Gasteiger partial charge >= 0.3 is 0 Å². The smallest absolute Gasteiger partial charge is 0.0931 e. The second-order valence-electron chi connectivity index (χ2n) is 4.18. The van der Waals surface area contributed by atoms with E-state index in [0.29, 0.717) is 12.1 Å². The van der Waals surface area contributed by atoms with Gasteiger partial charge in [0.05, 0.1) is 4.34 Å². The second kappa shape index (κ2) is 6.29. The van der Waals surface area contributed by atoms with Gasteiger partial charge < -0.3 is 5.32 Å². The van der Waals surface area contributed by atoms with E-state index in [2.05, 4.69) is 30.1 Å². The van der Waals surface area contributed by atoms with Gasteiger partial charge in [0.25, 0.3) is 0 Å². The molecule has 0 amide bonds. The Balaban J connectivity index is 1.94. The van der Waals surface area contributed by atoms with Crippen molar-refractivity contribution in [2.45, 2.75) is 38.3 Å². The molecule has 0 saturated carbocycles. The predicted octanol–water partition coefficient (Wildman–Crippen LogP) is 4.34. The molecule has 1 N–H and O–H groups in total. The molecule has 1 aromatic heterocycles. The SMILES string of the molecule is CCC(NC1CCCSC1)c1ccc(Cl)s1. The molecule has 1 aliphatic heterocycles. The van der Waals surface area contributed by atoms with Gasteiger partial charge in [0, 0.05) is 22.7 Å². The second-order valence-corrected chi connectivity index (χ2v) is 7.08. The first-order valence-electron chi connectivity index (χ1n) is 5.88. The summed E-state index contributed by atoms with van der Waals surface area (Å²) in [7, 11) is 0. The van der Waals surface area contributed by atoms with Gasteiger partial charge in [-0.1, -0.05) is 18.5 Å². The molecule has 1 saturated heterocycles. The van der Waals surface area contributed by atoms with E-state index in [1.54, 1.807) is 11.3 Å². The van der Waals surface area contributed by atoms with Crippen LogP contribution in [0.5, 0.6) is 0 Å². The maximum atomic E-state index is 5.99. The molecule has 90 valence electrons. The van der Waals surface area contributed by atoms with Crippen LogP contribution in [0.1, 0.15) is 37.1 Å². The van der Waals surface area contributed by atoms with E-state index in [1.807, 2.05) is 6.07 Å². The maximum Gasteiger partial charge on any atom is 0.0931 e. The zero-order chi connectivity index (χ0) is 11.4. The third kappa shape index (κ3) is 3.39. The summed E-state index contributed by atoms with van der Waals surface area (Å²) in [6.07, 6.45) is 3.81. The molecule has 1 aromatic rings. The molecule has 4 heteroatoms. The minimum Gasteiger partial charge on any atom is -0.306 e. The summed E-state index contributed by atoms with van der Waals surface area (Å²) in [5, 5.41) is 3.77. The summed E-state index contributed by atoms with van der Waals surface area (Å²) in [6, 6.07) is 5.33. The monoisotopic (exact) mass is 275 g/mol. The molecule has 2 unspecified atom stereocenters. The van der Waals surface area contributed by atoms with Crippen LogP contribution < -0.4 is 5.32 Å². The van der Waals surface area contributed by atoms with Crippen LogP contribution in [0.2, 0.25) is 4.34 Å². The summed E-state index contributed by atoms with van der Waals surface area (Å²) in [6.45, 7) is 2.24. The number of halogens is 1. The standard InChI is InChI=1S/C12H18ClNS2/c1-2-10(11-5-6-12(13)16-11)14-9-4-3-7-15-8-9/h5-6,9-10,14H,2-4,7-8H2,1H3. The summed E-state index contributed by atoms with van der Waals surface area (Å²) in [4.78, 5) is 1.38. The quantitative estimate of drug-likeness (QED) is 0.877. The third-order valence-electron chi connectivity index (χ3n) is 2.94. The lowest BCUT2D eigenvalue weighted by Gasteiger charge is -2.27. The molecule has 2 rings (SSSR count). The van der Waals surface area contributed by atoms with Gasteiger partial charge in [-0.05, 0) is 37.1 Å². The van der Waals surface area contributed by atoms with Crippen molar-refractivity contribution >= 4 is 34.7 Å². The molecule has 0 bridgehead atoms. The van der Waals surface area contributed by atoms with Crippen molar-refractivity contribution in [3.63, 3.8) is 0 Å². The summed E-state index contributed by atoms with van der Waals surface area (Å²) in [5.41, 5.74) is 0. The first kappa shape index (κ1) is 12.7. The van der Waals surface area contributed by atoms with E-state index < -0.39 is 0 Å². The Hall–Kier alpha value is 0.300. The van der Waals surface area contributed by atoms with Crippen molar-refractivity contribution < 1.29 is 0 Å². The lowest BCUT2D eigenvalue weighted by Crippen LogP contribution is -2.36. The highest BCUT2D eigenvalue weighted by atomic mass is 35.5. The van der Waals surface area contributed by atoms with Crippen molar-refractivity contribution in [2.75, 3.05) is 11.5 Å². The van der Waals surface area contributed by atoms with Gasteiger partial charge in [0.1, 0.15) is 0 Å². The lowest BCUT2D eigenvalue weighted by molar-refractivity contribution is 0.429. The first-order chi connectivity index (χ1) is 7.79. The Labute approximate surface area is 111 Å². The Morgan fingerprint density at radius 1 is 1.56 bits per heavy atom. The fourth-order valence-corrected chi connectivity index (χ4v) is 4.36. The van der Waals surface area contributed by atoms with E-state index in [4.69, 9.17) is 11.6 Å². The molecule has 0 aromatic carbocycles. The van der Waals surface area contributed by atoms with E-state index >= 15 is 0 Å². The molecule has 1 nitrogen and oxygen atoms in total. The van der Waals surface area contributed by atoms with E-state index in [1.165, 1.54) is 29.2 Å². The average Bonchev–Trinajstić information content (AvgIpc) is 2.74. The Morgan fingerprint density at radius 2 is 2.44 bits per heavy atom. The van der Waals surface area contributed by atoms with Crippen molar-refractivity contribution in [1.29, 1.82) is 0 Å². The molecule has 1 aliphatic rings. The lowest BCUT2D eigenvalue weighted by atomic mass is 10.1. The van der Waals surface area contributed by atoms with Crippen LogP contribution in [-0.4, -0.2) is 17.5 Å². The zero-order valence-corrected chi connectivity index (χ0v) is 11.9. The molecule has 1 fully saturated rings. The van der Waals surface area contributed by atoms with Gasteiger partial charge in [-0.15, -0.1) is 11.3 Å². The van der Waals surface area contributed by atoms with Crippen LogP contribution in [0.4, 0.5) is 0 Å². The van der Waals surface area contributed by atoms with Crippen molar-refractivity contribution in [1.82, 2.24) is 5.32 Å². The van der Waals surface area contributed by atoms with Gasteiger partial charge in [-0.3, -0.25) is 0 Å². The molecule has 0 spiro atoms. The van der Waals surface area contributed by atoms with Crippen LogP contribution >= 0.6 is 34.7 Å².